The normalized spacial score (nSPS) is 22.1. The Labute approximate surface area is 148 Å². The van der Waals surface area contributed by atoms with Crippen LogP contribution in [0.25, 0.3) is 0 Å². The summed E-state index contributed by atoms with van der Waals surface area (Å²) in [4.78, 5) is 34.3. The number of hydrogen-bond acceptors (Lipinski definition) is 3. The highest BCUT2D eigenvalue weighted by Gasteiger charge is 2.45. The molecule has 0 spiro atoms. The number of rotatable bonds is 4. The number of nitrogens with zero attached hydrogens (tertiary/aromatic N) is 4. The molecule has 7 nitrogen and oxygen atoms in total. The maximum atomic E-state index is 12.9. The van der Waals surface area contributed by atoms with Crippen LogP contribution in [0, 0.1) is 0 Å². The van der Waals surface area contributed by atoms with Crippen LogP contribution in [0.2, 0.25) is 0 Å². The van der Waals surface area contributed by atoms with E-state index in [9.17, 15) is 9.59 Å². The lowest BCUT2D eigenvalue weighted by Gasteiger charge is -2.48. The van der Waals surface area contributed by atoms with Crippen LogP contribution < -0.4 is 5.32 Å². The zero-order chi connectivity index (χ0) is 18.1. The van der Waals surface area contributed by atoms with Crippen molar-refractivity contribution < 1.29 is 11.0 Å². The second-order valence-electron chi connectivity index (χ2n) is 6.71. The molecule has 2 atom stereocenters. The van der Waals surface area contributed by atoms with Gasteiger partial charge in [-0.3, -0.25) is 14.9 Å². The van der Waals surface area contributed by atoms with Gasteiger partial charge in [-0.2, -0.15) is 0 Å². The van der Waals surface area contributed by atoms with E-state index in [0.29, 0.717) is 11.6 Å². The third-order valence-electron chi connectivity index (χ3n) is 4.90. The fourth-order valence-corrected chi connectivity index (χ4v) is 3.42. The summed E-state index contributed by atoms with van der Waals surface area (Å²) in [5.41, 5.74) is 1.82. The molecule has 2 unspecified atom stereocenters. The Hall–Kier alpha value is -2.70. The SMILES string of the molecule is C=CN=C(N=C)NC(=O)CN1C(=O)c2cc(C(C)C)cn2C2CCC21.[HH]. The summed E-state index contributed by atoms with van der Waals surface area (Å²) in [6.07, 6.45) is 5.29. The van der Waals surface area contributed by atoms with Crippen LogP contribution in [0.15, 0.2) is 35.0 Å². The van der Waals surface area contributed by atoms with Crippen molar-refractivity contribution in [3.63, 3.8) is 0 Å². The second kappa shape index (κ2) is 6.66. The van der Waals surface area contributed by atoms with Gasteiger partial charge in [0.25, 0.3) is 5.91 Å². The first kappa shape index (κ1) is 17.1. The van der Waals surface area contributed by atoms with Crippen molar-refractivity contribution in [3.05, 3.63) is 36.3 Å². The maximum Gasteiger partial charge on any atom is 0.271 e. The summed E-state index contributed by atoms with van der Waals surface area (Å²) in [7, 11) is 0. The molecular weight excluding hydrogens is 318 g/mol. The van der Waals surface area contributed by atoms with Gasteiger partial charge in [0, 0.05) is 13.8 Å². The van der Waals surface area contributed by atoms with Gasteiger partial charge in [-0.05, 0) is 37.1 Å². The zero-order valence-corrected chi connectivity index (χ0v) is 14.6. The van der Waals surface area contributed by atoms with E-state index in [4.69, 9.17) is 0 Å². The number of amides is 2. The Morgan fingerprint density at radius 1 is 1.48 bits per heavy atom. The van der Waals surface area contributed by atoms with Crippen LogP contribution >= 0.6 is 0 Å². The van der Waals surface area contributed by atoms with E-state index in [1.807, 2.05) is 6.07 Å². The van der Waals surface area contributed by atoms with E-state index < -0.39 is 0 Å². The van der Waals surface area contributed by atoms with Crippen molar-refractivity contribution in [2.75, 3.05) is 6.54 Å². The van der Waals surface area contributed by atoms with Crippen molar-refractivity contribution in [3.8, 4) is 0 Å². The molecule has 2 amide bonds. The molecule has 1 aromatic heterocycles. The molecule has 25 heavy (non-hydrogen) atoms. The van der Waals surface area contributed by atoms with Crippen LogP contribution in [0.1, 0.15) is 56.1 Å². The molecule has 0 radical (unpaired) electrons. The number of hydrogen-bond donors (Lipinski definition) is 1. The monoisotopic (exact) mass is 343 g/mol. The summed E-state index contributed by atoms with van der Waals surface area (Å²) >= 11 is 0. The second-order valence-corrected chi connectivity index (χ2v) is 6.71. The minimum atomic E-state index is -0.337. The fraction of sp³-hybridized carbons (Fsp3) is 0.444. The Balaban J connectivity index is 0.00000243. The molecule has 1 aliphatic heterocycles. The van der Waals surface area contributed by atoms with Crippen molar-refractivity contribution in [2.24, 2.45) is 9.98 Å². The lowest BCUT2D eigenvalue weighted by molar-refractivity contribution is -0.121. The van der Waals surface area contributed by atoms with Crippen LogP contribution in [-0.2, 0) is 4.79 Å². The van der Waals surface area contributed by atoms with Gasteiger partial charge in [-0.15, -0.1) is 0 Å². The largest absolute Gasteiger partial charge is 0.338 e. The number of aromatic nitrogens is 1. The quantitative estimate of drug-likeness (QED) is 0.673. The van der Waals surface area contributed by atoms with Crippen LogP contribution in [0.3, 0.4) is 0 Å². The van der Waals surface area contributed by atoms with E-state index in [2.05, 4.69) is 53.2 Å². The Bertz CT molecular complexity index is 768. The molecule has 0 saturated heterocycles. The molecule has 1 saturated carbocycles. The molecule has 1 aromatic rings. The molecule has 7 heteroatoms. The lowest BCUT2D eigenvalue weighted by atomic mass is 9.82. The van der Waals surface area contributed by atoms with Crippen LogP contribution in [-0.4, -0.2) is 46.5 Å². The number of guanidine groups is 1. The minimum absolute atomic E-state index is 0. The smallest absolute Gasteiger partial charge is 0.271 e. The van der Waals surface area contributed by atoms with E-state index in [1.54, 1.807) is 4.90 Å². The molecule has 2 heterocycles. The minimum Gasteiger partial charge on any atom is -0.338 e. The van der Waals surface area contributed by atoms with Gasteiger partial charge in [-0.25, -0.2) is 9.98 Å². The summed E-state index contributed by atoms with van der Waals surface area (Å²) in [6, 6.07) is 2.27. The topological polar surface area (TPSA) is 79.1 Å². The molecule has 1 aliphatic carbocycles. The van der Waals surface area contributed by atoms with Crippen molar-refractivity contribution in [1.82, 2.24) is 14.8 Å². The first-order valence-electron chi connectivity index (χ1n) is 8.44. The molecule has 0 bridgehead atoms. The molecule has 3 rings (SSSR count). The molecule has 0 aromatic carbocycles. The Morgan fingerprint density at radius 3 is 2.76 bits per heavy atom. The molecular formula is C18H25N5O2. The van der Waals surface area contributed by atoms with Crippen LogP contribution in [0.4, 0.5) is 0 Å². The summed E-state index contributed by atoms with van der Waals surface area (Å²) in [5, 5.41) is 2.55. The molecule has 2 aliphatic rings. The van der Waals surface area contributed by atoms with Gasteiger partial charge in [0.2, 0.25) is 11.9 Å². The van der Waals surface area contributed by atoms with Crippen molar-refractivity contribution >= 4 is 24.5 Å². The first-order valence-corrected chi connectivity index (χ1v) is 8.44. The molecule has 1 N–H and O–H groups in total. The number of aliphatic imine (C=N–C) groups is 2. The average molecular weight is 343 g/mol. The third-order valence-corrected chi connectivity index (χ3v) is 4.90. The highest BCUT2D eigenvalue weighted by Crippen LogP contribution is 2.42. The van der Waals surface area contributed by atoms with Crippen LogP contribution in [0.5, 0.6) is 0 Å². The highest BCUT2D eigenvalue weighted by molar-refractivity contribution is 6.02. The summed E-state index contributed by atoms with van der Waals surface area (Å²) < 4.78 is 2.09. The number of carbonyl (C=O) groups excluding carboxylic acids is 2. The molecule has 134 valence electrons. The molecule has 1 fully saturated rings. The van der Waals surface area contributed by atoms with Gasteiger partial charge in [0.05, 0.1) is 12.1 Å². The maximum absolute atomic E-state index is 12.9. The highest BCUT2D eigenvalue weighted by atomic mass is 16.2. The van der Waals surface area contributed by atoms with E-state index in [-0.39, 0.29) is 37.8 Å². The van der Waals surface area contributed by atoms with Gasteiger partial charge in [0.1, 0.15) is 12.2 Å². The lowest BCUT2D eigenvalue weighted by Crippen LogP contribution is -2.57. The number of fused-ring (bicyclic) bond motifs is 3. The van der Waals surface area contributed by atoms with Gasteiger partial charge < -0.3 is 9.47 Å². The third kappa shape index (κ3) is 3.01. The number of nitrogens with one attached hydrogen (secondary N) is 1. The van der Waals surface area contributed by atoms with E-state index in [1.165, 1.54) is 6.20 Å². The van der Waals surface area contributed by atoms with Gasteiger partial charge in [0.15, 0.2) is 0 Å². The fourth-order valence-electron chi connectivity index (χ4n) is 3.42. The predicted octanol–water partition coefficient (Wildman–Crippen LogP) is 2.33. The van der Waals surface area contributed by atoms with Crippen molar-refractivity contribution in [2.45, 2.75) is 44.7 Å². The zero-order valence-electron chi connectivity index (χ0n) is 14.6. The van der Waals surface area contributed by atoms with Gasteiger partial charge >= 0.3 is 0 Å². The summed E-state index contributed by atoms with van der Waals surface area (Å²) in [6.45, 7) is 11.0. The van der Waals surface area contributed by atoms with Gasteiger partial charge in [-0.1, -0.05) is 20.4 Å². The average Bonchev–Trinajstić information content (AvgIpc) is 2.96. The first-order chi connectivity index (χ1) is 12.0. The Morgan fingerprint density at radius 2 is 2.20 bits per heavy atom. The van der Waals surface area contributed by atoms with E-state index >= 15 is 0 Å². The Kier molecular flexibility index (Phi) is 4.57. The standard InChI is InChI=1S/C18H23N5O2.H2/c1-5-20-18(19-4)21-16(24)10-23-14-7-6-13(14)22-9-12(11(2)3)8-15(22)17(23)25;/h5,8-9,11,13-14H,1,4,6-7,10H2,2-3H3,(H,20,21,24);1H. The number of carbonyl (C=O) groups is 2. The van der Waals surface area contributed by atoms with Crippen molar-refractivity contribution in [1.29, 1.82) is 0 Å². The predicted molar refractivity (Wildman–Crippen MR) is 99.1 cm³/mol. The van der Waals surface area contributed by atoms with E-state index in [0.717, 1.165) is 18.4 Å². The summed E-state index contributed by atoms with van der Waals surface area (Å²) in [5.74, 6) is 0.00506.